The molecule has 0 saturated carbocycles. The van der Waals surface area contributed by atoms with E-state index in [1.165, 1.54) is 64.2 Å². The third kappa shape index (κ3) is 9.94. The highest BCUT2D eigenvalue weighted by atomic mass is 16.9. The Kier molecular flexibility index (Phi) is 11.6. The number of hydrogen-bond acceptors (Lipinski definition) is 5. The molecular weight excluding hydrogens is 372 g/mol. The normalized spacial score (nSPS) is 23.1. The lowest BCUT2D eigenvalue weighted by Crippen LogP contribution is -2.39. The van der Waals surface area contributed by atoms with Crippen LogP contribution in [0.1, 0.15) is 110 Å². The maximum Gasteiger partial charge on any atom is 0.311 e. The summed E-state index contributed by atoms with van der Waals surface area (Å²) in [5.74, 6) is -0.822. The van der Waals surface area contributed by atoms with Crippen LogP contribution in [0.2, 0.25) is 0 Å². The van der Waals surface area contributed by atoms with Gasteiger partial charge in [-0.1, -0.05) is 84.0 Å². The van der Waals surface area contributed by atoms with Crippen LogP contribution in [0.25, 0.3) is 0 Å². The lowest BCUT2D eigenvalue weighted by Gasteiger charge is -2.23. The maximum absolute atomic E-state index is 12.2. The topological polar surface area (TPSA) is 85.4 Å². The molecule has 4 atom stereocenters. The molecular formula is C23H40O6. The predicted molar refractivity (Wildman–Crippen MR) is 110 cm³/mol. The summed E-state index contributed by atoms with van der Waals surface area (Å²) in [6.45, 7) is 2.04. The van der Waals surface area contributed by atoms with Crippen molar-refractivity contribution in [3.05, 3.63) is 0 Å². The summed E-state index contributed by atoms with van der Waals surface area (Å²) in [5.41, 5.74) is 0. The molecule has 4 unspecified atom stereocenters. The van der Waals surface area contributed by atoms with Crippen LogP contribution in [0.4, 0.5) is 0 Å². The molecule has 0 spiro atoms. The van der Waals surface area contributed by atoms with Crippen molar-refractivity contribution < 1.29 is 28.9 Å². The van der Waals surface area contributed by atoms with Gasteiger partial charge in [0.1, 0.15) is 0 Å². The minimum absolute atomic E-state index is 0.000252. The number of carbonyl (C=O) groups is 2. The van der Waals surface area contributed by atoms with Crippen LogP contribution in [0.3, 0.4) is 0 Å². The summed E-state index contributed by atoms with van der Waals surface area (Å²) in [6, 6.07) is 0. The zero-order chi connectivity index (χ0) is 20.9. The molecule has 0 aromatic carbocycles. The van der Waals surface area contributed by atoms with Crippen molar-refractivity contribution in [2.24, 2.45) is 5.92 Å². The van der Waals surface area contributed by atoms with Gasteiger partial charge < -0.3 is 19.3 Å². The summed E-state index contributed by atoms with van der Waals surface area (Å²) >= 11 is 0. The highest BCUT2D eigenvalue weighted by Crippen LogP contribution is 2.41. The van der Waals surface area contributed by atoms with Gasteiger partial charge in [-0.05, 0) is 19.3 Å². The standard InChI is InChI=1S/C23H40O6/c1-2-18(21(26)28-23-20-22(27-20)29-23)16-14-12-10-8-6-4-3-5-7-9-11-13-15-17-19(24)25/h18,20,22-23H,2-17H2,1H3,(H,24,25). The fourth-order valence-corrected chi connectivity index (χ4v) is 3.94. The van der Waals surface area contributed by atoms with E-state index < -0.39 is 12.3 Å². The molecule has 29 heavy (non-hydrogen) atoms. The Morgan fingerprint density at radius 3 is 1.76 bits per heavy atom. The van der Waals surface area contributed by atoms with E-state index in [-0.39, 0.29) is 24.3 Å². The first-order valence-electron chi connectivity index (χ1n) is 11.8. The smallest absolute Gasteiger partial charge is 0.311 e. The van der Waals surface area contributed by atoms with E-state index in [2.05, 4.69) is 0 Å². The SMILES string of the molecule is CCC(CCCCCCCCCCCCCCCC(=O)O)C(=O)OC1OC2OC12. The Morgan fingerprint density at radius 2 is 1.34 bits per heavy atom. The van der Waals surface area contributed by atoms with Gasteiger partial charge in [-0.15, -0.1) is 0 Å². The molecule has 2 heterocycles. The Balaban J connectivity index is 1.30. The second-order valence-corrected chi connectivity index (χ2v) is 8.54. The molecule has 0 amide bonds. The van der Waals surface area contributed by atoms with Gasteiger partial charge in [-0.25, -0.2) is 0 Å². The third-order valence-corrected chi connectivity index (χ3v) is 6.02. The number of esters is 1. The van der Waals surface area contributed by atoms with Gasteiger partial charge in [0.2, 0.25) is 6.29 Å². The summed E-state index contributed by atoms with van der Waals surface area (Å²) < 4.78 is 15.7. The van der Waals surface area contributed by atoms with Crippen molar-refractivity contribution >= 4 is 11.9 Å². The van der Waals surface area contributed by atoms with Crippen molar-refractivity contribution in [3.8, 4) is 0 Å². The van der Waals surface area contributed by atoms with Crippen LogP contribution in [-0.2, 0) is 23.8 Å². The first kappa shape index (κ1) is 24.1. The first-order chi connectivity index (χ1) is 14.1. The second-order valence-electron chi connectivity index (χ2n) is 8.54. The van der Waals surface area contributed by atoms with Gasteiger partial charge in [0, 0.05) is 6.42 Å². The fraction of sp³-hybridized carbons (Fsp3) is 0.913. The number of hydrogen-bond donors (Lipinski definition) is 1. The molecule has 2 fully saturated rings. The molecule has 1 N–H and O–H groups in total. The van der Waals surface area contributed by atoms with E-state index in [1.807, 2.05) is 6.92 Å². The molecule has 2 saturated heterocycles. The Morgan fingerprint density at radius 1 is 0.828 bits per heavy atom. The Hall–Kier alpha value is -1.14. The number of fused-ring (bicyclic) bond motifs is 1. The van der Waals surface area contributed by atoms with Crippen LogP contribution in [-0.4, -0.2) is 35.7 Å². The largest absolute Gasteiger partial charge is 0.481 e. The van der Waals surface area contributed by atoms with E-state index in [0.29, 0.717) is 6.42 Å². The van der Waals surface area contributed by atoms with E-state index in [9.17, 15) is 9.59 Å². The van der Waals surface area contributed by atoms with Crippen molar-refractivity contribution in [2.75, 3.05) is 0 Å². The van der Waals surface area contributed by atoms with Crippen molar-refractivity contribution in [3.63, 3.8) is 0 Å². The van der Waals surface area contributed by atoms with Crippen LogP contribution >= 0.6 is 0 Å². The van der Waals surface area contributed by atoms with Gasteiger partial charge in [0.15, 0.2) is 12.4 Å². The van der Waals surface area contributed by atoms with Gasteiger partial charge in [0.05, 0.1) is 5.92 Å². The number of carboxylic acid groups (broad SMARTS) is 1. The number of ether oxygens (including phenoxy) is 3. The monoisotopic (exact) mass is 412 g/mol. The van der Waals surface area contributed by atoms with Crippen LogP contribution in [0, 0.1) is 5.92 Å². The number of carboxylic acids is 1. The van der Waals surface area contributed by atoms with Crippen molar-refractivity contribution in [1.29, 1.82) is 0 Å². The third-order valence-electron chi connectivity index (χ3n) is 6.02. The van der Waals surface area contributed by atoms with Gasteiger partial charge in [-0.3, -0.25) is 9.59 Å². The summed E-state index contributed by atoms with van der Waals surface area (Å²) in [7, 11) is 0. The van der Waals surface area contributed by atoms with Crippen molar-refractivity contribution in [2.45, 2.75) is 128 Å². The molecule has 2 rings (SSSR count). The molecule has 0 aliphatic carbocycles. The maximum atomic E-state index is 12.2. The zero-order valence-corrected chi connectivity index (χ0v) is 18.1. The number of rotatable bonds is 19. The summed E-state index contributed by atoms with van der Waals surface area (Å²) in [6.07, 6.45) is 17.1. The van der Waals surface area contributed by atoms with Gasteiger partial charge in [-0.2, -0.15) is 0 Å². The van der Waals surface area contributed by atoms with Crippen LogP contribution < -0.4 is 0 Å². The zero-order valence-electron chi connectivity index (χ0n) is 18.1. The molecule has 2 aliphatic heterocycles. The molecule has 6 nitrogen and oxygen atoms in total. The average molecular weight is 413 g/mol. The number of aliphatic carboxylic acids is 1. The molecule has 0 radical (unpaired) electrons. The highest BCUT2D eigenvalue weighted by molar-refractivity contribution is 5.72. The molecule has 168 valence electrons. The first-order valence-corrected chi connectivity index (χ1v) is 11.8. The van der Waals surface area contributed by atoms with Crippen molar-refractivity contribution in [1.82, 2.24) is 0 Å². The summed E-state index contributed by atoms with van der Waals surface area (Å²) in [4.78, 5) is 22.6. The van der Waals surface area contributed by atoms with Crippen LogP contribution in [0.5, 0.6) is 0 Å². The molecule has 6 heteroatoms. The second kappa shape index (κ2) is 14.0. The van der Waals surface area contributed by atoms with Gasteiger partial charge >= 0.3 is 11.9 Å². The highest BCUT2D eigenvalue weighted by Gasteiger charge is 2.61. The Labute approximate surface area is 175 Å². The molecule has 2 aliphatic rings. The van der Waals surface area contributed by atoms with E-state index in [0.717, 1.165) is 32.1 Å². The summed E-state index contributed by atoms with van der Waals surface area (Å²) in [5, 5.41) is 8.58. The predicted octanol–water partition coefficient (Wildman–Crippen LogP) is 5.57. The van der Waals surface area contributed by atoms with E-state index >= 15 is 0 Å². The molecule has 0 aromatic heterocycles. The quantitative estimate of drug-likeness (QED) is 0.169. The van der Waals surface area contributed by atoms with E-state index in [1.54, 1.807) is 0 Å². The number of epoxide rings is 1. The minimum atomic E-state index is -0.677. The van der Waals surface area contributed by atoms with Crippen LogP contribution in [0.15, 0.2) is 0 Å². The molecule has 0 aromatic rings. The van der Waals surface area contributed by atoms with Gasteiger partial charge in [0.25, 0.3) is 0 Å². The lowest BCUT2D eigenvalue weighted by atomic mass is 9.97. The van der Waals surface area contributed by atoms with E-state index in [4.69, 9.17) is 19.3 Å². The number of carbonyl (C=O) groups excluding carboxylic acids is 1. The minimum Gasteiger partial charge on any atom is -0.481 e. The average Bonchev–Trinajstić information content (AvgIpc) is 3.35. The number of unbranched alkanes of at least 4 members (excludes halogenated alkanes) is 12. The molecule has 0 bridgehead atoms. The lowest BCUT2D eigenvalue weighted by molar-refractivity contribution is -0.211. The fourth-order valence-electron chi connectivity index (χ4n) is 3.94. The Bertz CT molecular complexity index is 480.